The molecule has 0 saturated heterocycles. The summed E-state index contributed by atoms with van der Waals surface area (Å²) in [4.78, 5) is 0. The summed E-state index contributed by atoms with van der Waals surface area (Å²) in [6.07, 6.45) is 0. The van der Waals surface area contributed by atoms with E-state index >= 15 is 0 Å². The Labute approximate surface area is 92.5 Å². The lowest BCUT2D eigenvalue weighted by molar-refractivity contribution is 0.961. The Bertz CT molecular complexity index is 435. The van der Waals surface area contributed by atoms with Gasteiger partial charge in [-0.2, -0.15) is 5.11 Å². The number of guanidine groups is 1. The van der Waals surface area contributed by atoms with Gasteiger partial charge in [-0.05, 0) is 11.6 Å². The third-order valence-corrected chi connectivity index (χ3v) is 1.80. The van der Waals surface area contributed by atoms with Crippen LogP contribution in [0.2, 0.25) is 0 Å². The van der Waals surface area contributed by atoms with Crippen LogP contribution < -0.4 is 17.3 Å². The van der Waals surface area contributed by atoms with Gasteiger partial charge in [0.1, 0.15) is 5.84 Å². The van der Waals surface area contributed by atoms with Crippen LogP contribution in [0, 0.1) is 5.41 Å². The van der Waals surface area contributed by atoms with Crippen LogP contribution in [0.15, 0.2) is 39.6 Å². The Morgan fingerprint density at radius 3 is 2.69 bits per heavy atom. The molecule has 0 aliphatic heterocycles. The van der Waals surface area contributed by atoms with E-state index in [2.05, 4.69) is 15.3 Å². The maximum absolute atomic E-state index is 7.28. The Hall–Kier alpha value is -2.44. The van der Waals surface area contributed by atoms with Crippen LogP contribution in [0.25, 0.3) is 0 Å². The predicted octanol–water partition coefficient (Wildman–Crippen LogP) is 0.111. The van der Waals surface area contributed by atoms with Gasteiger partial charge in [-0.3, -0.25) is 5.41 Å². The number of hydrogen-bond donors (Lipinski definition) is 4. The van der Waals surface area contributed by atoms with Gasteiger partial charge in [-0.1, -0.05) is 18.2 Å². The Kier molecular flexibility index (Phi) is 3.96. The number of amidine groups is 1. The van der Waals surface area contributed by atoms with Crippen LogP contribution in [-0.4, -0.2) is 11.8 Å². The van der Waals surface area contributed by atoms with Gasteiger partial charge < -0.3 is 17.3 Å². The highest BCUT2D eigenvalue weighted by Crippen LogP contribution is 2.06. The van der Waals surface area contributed by atoms with Crippen molar-refractivity contribution in [1.82, 2.24) is 0 Å². The number of azo groups is 1. The van der Waals surface area contributed by atoms with E-state index in [4.69, 9.17) is 22.7 Å². The fraction of sp³-hybridized carbons (Fsp3) is 0.111. The number of rotatable bonds is 3. The summed E-state index contributed by atoms with van der Waals surface area (Å²) in [5.74, 6) is 4.81. The molecule has 1 rings (SSSR count). The van der Waals surface area contributed by atoms with Crippen molar-refractivity contribution in [2.45, 2.75) is 6.54 Å². The number of nitrogens with zero attached hydrogens (tertiary/aromatic N) is 3. The van der Waals surface area contributed by atoms with Crippen molar-refractivity contribution in [3.8, 4) is 0 Å². The van der Waals surface area contributed by atoms with Gasteiger partial charge in [0.15, 0.2) is 0 Å². The molecule has 7 nitrogen and oxygen atoms in total. The van der Waals surface area contributed by atoms with Crippen LogP contribution in [0.1, 0.15) is 11.1 Å². The molecule has 1 aromatic rings. The summed E-state index contributed by atoms with van der Waals surface area (Å²) >= 11 is 0. The molecule has 0 saturated carbocycles. The first-order valence-electron chi connectivity index (χ1n) is 4.47. The molecule has 0 radical (unpaired) electrons. The van der Waals surface area contributed by atoms with Gasteiger partial charge in [0.05, 0.1) is 6.54 Å². The standard InChI is InChI=1S/C9H13N7/c10-8(11)7-3-1-2-6(4-7)5-14-16-9(12)15-13/h1-4H,5,13H2,(H3,10,11)(H2,12,15). The van der Waals surface area contributed by atoms with Gasteiger partial charge in [-0.25, -0.2) is 0 Å². The minimum Gasteiger partial charge on any atom is -0.384 e. The molecule has 0 amide bonds. The number of hydrazone groups is 1. The van der Waals surface area contributed by atoms with Gasteiger partial charge in [0, 0.05) is 5.56 Å². The van der Waals surface area contributed by atoms with Crippen LogP contribution in [0.3, 0.4) is 0 Å². The predicted molar refractivity (Wildman–Crippen MR) is 61.8 cm³/mol. The topological polar surface area (TPSA) is 139 Å². The molecule has 0 atom stereocenters. The van der Waals surface area contributed by atoms with Gasteiger partial charge in [0.2, 0.25) is 0 Å². The molecule has 16 heavy (non-hydrogen) atoms. The lowest BCUT2D eigenvalue weighted by Gasteiger charge is -2.00. The van der Waals surface area contributed by atoms with E-state index in [0.717, 1.165) is 5.56 Å². The smallest absolute Gasteiger partial charge is 0.255 e. The number of nitrogens with two attached hydrogens (primary N) is 3. The third-order valence-electron chi connectivity index (χ3n) is 1.80. The zero-order valence-electron chi connectivity index (χ0n) is 8.59. The second-order valence-corrected chi connectivity index (χ2v) is 3.00. The normalized spacial score (nSPS) is 11.9. The number of hydrogen-bond acceptors (Lipinski definition) is 4. The first-order chi connectivity index (χ1) is 7.63. The highest BCUT2D eigenvalue weighted by atomic mass is 15.3. The summed E-state index contributed by atoms with van der Waals surface area (Å²) in [5, 5.41) is 17.8. The average molecular weight is 219 g/mol. The first-order valence-corrected chi connectivity index (χ1v) is 4.47. The highest BCUT2D eigenvalue weighted by molar-refractivity contribution is 5.95. The van der Waals surface area contributed by atoms with Crippen molar-refractivity contribution in [3.63, 3.8) is 0 Å². The zero-order chi connectivity index (χ0) is 12.0. The van der Waals surface area contributed by atoms with Crippen LogP contribution in [0.4, 0.5) is 0 Å². The molecule has 0 aromatic heterocycles. The number of benzene rings is 1. The van der Waals surface area contributed by atoms with E-state index in [0.29, 0.717) is 12.1 Å². The lowest BCUT2D eigenvalue weighted by atomic mass is 10.1. The summed E-state index contributed by atoms with van der Waals surface area (Å²) in [7, 11) is 0. The molecule has 7 N–H and O–H groups in total. The molecule has 0 spiro atoms. The lowest BCUT2D eigenvalue weighted by Crippen LogP contribution is -2.11. The molecule has 1 aromatic carbocycles. The van der Waals surface area contributed by atoms with E-state index in [-0.39, 0.29) is 11.8 Å². The largest absolute Gasteiger partial charge is 0.384 e. The first kappa shape index (κ1) is 11.6. The van der Waals surface area contributed by atoms with Gasteiger partial charge >= 0.3 is 0 Å². The van der Waals surface area contributed by atoms with Crippen molar-refractivity contribution in [3.05, 3.63) is 35.4 Å². The molecule has 0 bridgehead atoms. The molecule has 0 unspecified atom stereocenters. The molecular weight excluding hydrogens is 206 g/mol. The molecule has 0 heterocycles. The van der Waals surface area contributed by atoms with Crippen LogP contribution in [0.5, 0.6) is 0 Å². The van der Waals surface area contributed by atoms with Crippen molar-refractivity contribution in [2.24, 2.45) is 32.6 Å². The molecule has 0 aliphatic rings. The van der Waals surface area contributed by atoms with Crippen LogP contribution >= 0.6 is 0 Å². The fourth-order valence-corrected chi connectivity index (χ4v) is 1.05. The SMILES string of the molecule is N=C(N)c1cccc(CN=N/C(N)=N/N)c1. The van der Waals surface area contributed by atoms with Gasteiger partial charge in [0.25, 0.3) is 5.96 Å². The number of nitrogens with one attached hydrogen (secondary N) is 1. The molecular formula is C9H13N7. The zero-order valence-corrected chi connectivity index (χ0v) is 8.59. The second kappa shape index (κ2) is 5.44. The van der Waals surface area contributed by atoms with E-state index in [9.17, 15) is 0 Å². The van der Waals surface area contributed by atoms with Gasteiger partial charge in [-0.15, -0.1) is 10.2 Å². The van der Waals surface area contributed by atoms with E-state index < -0.39 is 0 Å². The summed E-state index contributed by atoms with van der Waals surface area (Å²) in [5.41, 5.74) is 12.1. The Morgan fingerprint density at radius 1 is 1.31 bits per heavy atom. The van der Waals surface area contributed by atoms with Crippen molar-refractivity contribution in [1.29, 1.82) is 5.41 Å². The highest BCUT2D eigenvalue weighted by Gasteiger charge is 1.97. The van der Waals surface area contributed by atoms with Crippen molar-refractivity contribution < 1.29 is 0 Å². The summed E-state index contributed by atoms with van der Waals surface area (Å²) < 4.78 is 0. The van der Waals surface area contributed by atoms with Crippen LogP contribution in [-0.2, 0) is 6.54 Å². The monoisotopic (exact) mass is 219 g/mol. The quantitative estimate of drug-likeness (QED) is 0.188. The molecule has 84 valence electrons. The maximum atomic E-state index is 7.28. The summed E-state index contributed by atoms with van der Waals surface area (Å²) in [6.45, 7) is 0.331. The minimum absolute atomic E-state index is 0.0156. The fourth-order valence-electron chi connectivity index (χ4n) is 1.05. The average Bonchev–Trinajstić information content (AvgIpc) is 2.29. The Balaban J connectivity index is 2.71. The molecule has 7 heteroatoms. The Morgan fingerprint density at radius 2 is 2.06 bits per heavy atom. The molecule has 0 fully saturated rings. The van der Waals surface area contributed by atoms with E-state index in [1.54, 1.807) is 18.2 Å². The van der Waals surface area contributed by atoms with E-state index in [1.807, 2.05) is 6.07 Å². The minimum atomic E-state index is -0.0808. The van der Waals surface area contributed by atoms with Crippen molar-refractivity contribution >= 4 is 11.8 Å². The third kappa shape index (κ3) is 3.37. The number of nitrogen functional groups attached to an aromatic ring is 1. The molecule has 0 aliphatic carbocycles. The van der Waals surface area contributed by atoms with E-state index in [1.165, 1.54) is 0 Å². The summed E-state index contributed by atoms with van der Waals surface area (Å²) in [6, 6.07) is 7.15. The maximum Gasteiger partial charge on any atom is 0.255 e. The van der Waals surface area contributed by atoms with Crippen molar-refractivity contribution in [2.75, 3.05) is 0 Å². The second-order valence-electron chi connectivity index (χ2n) is 3.00.